The van der Waals surface area contributed by atoms with Crippen LogP contribution in [0, 0.1) is 9.49 Å². The van der Waals surface area contributed by atoms with Gasteiger partial charge in [-0.15, -0.1) is 0 Å². The molecule has 1 aromatic rings. The summed E-state index contributed by atoms with van der Waals surface area (Å²) in [6.07, 6.45) is 3.50. The van der Waals surface area contributed by atoms with E-state index in [9.17, 15) is 0 Å². The molecule has 1 aliphatic heterocycles. The Bertz CT molecular complexity index is 369. The molecule has 0 radical (unpaired) electrons. The monoisotopic (exact) mass is 332 g/mol. The van der Waals surface area contributed by atoms with Crippen LogP contribution >= 0.6 is 22.6 Å². The molecule has 4 nitrogen and oxygen atoms in total. The summed E-state index contributed by atoms with van der Waals surface area (Å²) in [7, 11) is 4.30. The molecule has 88 valence electrons. The highest BCUT2D eigenvalue weighted by Crippen LogP contribution is 2.27. The van der Waals surface area contributed by atoms with Gasteiger partial charge in [0.05, 0.1) is 3.57 Å². The van der Waals surface area contributed by atoms with E-state index in [-0.39, 0.29) is 0 Å². The molecule has 0 spiro atoms. The minimum Gasteiger partial charge on any atom is -0.354 e. The van der Waals surface area contributed by atoms with Crippen LogP contribution in [0.3, 0.4) is 0 Å². The molecule has 16 heavy (non-hydrogen) atoms. The predicted octanol–water partition coefficient (Wildman–Crippen LogP) is 1.47. The first-order chi connectivity index (χ1) is 7.59. The average Bonchev–Trinajstić information content (AvgIpc) is 2.61. The van der Waals surface area contributed by atoms with E-state index in [0.29, 0.717) is 12.0 Å². The first-order valence-electron chi connectivity index (χ1n) is 5.46. The van der Waals surface area contributed by atoms with Crippen molar-refractivity contribution in [1.82, 2.24) is 14.9 Å². The van der Waals surface area contributed by atoms with Crippen LogP contribution in [0.5, 0.6) is 0 Å². The van der Waals surface area contributed by atoms with Crippen LogP contribution in [-0.2, 0) is 0 Å². The third-order valence-electron chi connectivity index (χ3n) is 3.18. The molecule has 2 unspecified atom stereocenters. The largest absolute Gasteiger partial charge is 0.354 e. The molecular formula is C11H17IN4. The third-order valence-corrected chi connectivity index (χ3v) is 3.94. The zero-order chi connectivity index (χ0) is 11.7. The standard InChI is InChI=1S/C11H17IN4/c1-8-5-16(6-10(8)15(2)3)11-9(12)4-13-7-14-11/h4,7-8,10H,5-6H2,1-3H3. The Morgan fingerprint density at radius 3 is 2.75 bits per heavy atom. The maximum Gasteiger partial charge on any atom is 0.145 e. The second kappa shape index (κ2) is 4.83. The number of aromatic nitrogens is 2. The van der Waals surface area contributed by atoms with Gasteiger partial charge in [-0.3, -0.25) is 0 Å². The van der Waals surface area contributed by atoms with Crippen molar-refractivity contribution in [2.75, 3.05) is 32.1 Å². The van der Waals surface area contributed by atoms with Gasteiger partial charge < -0.3 is 9.80 Å². The topological polar surface area (TPSA) is 32.3 Å². The molecule has 0 aromatic carbocycles. The number of likely N-dealkylation sites (N-methyl/N-ethyl adjacent to an activating group) is 1. The van der Waals surface area contributed by atoms with Gasteiger partial charge >= 0.3 is 0 Å². The minimum absolute atomic E-state index is 0.616. The minimum atomic E-state index is 0.616. The number of hydrogen-bond acceptors (Lipinski definition) is 4. The molecule has 0 bridgehead atoms. The Morgan fingerprint density at radius 2 is 2.19 bits per heavy atom. The highest BCUT2D eigenvalue weighted by Gasteiger charge is 2.32. The predicted molar refractivity (Wildman–Crippen MR) is 73.6 cm³/mol. The van der Waals surface area contributed by atoms with Crippen LogP contribution in [0.25, 0.3) is 0 Å². The van der Waals surface area contributed by atoms with Gasteiger partial charge in [0.2, 0.25) is 0 Å². The normalized spacial score (nSPS) is 25.4. The molecule has 0 saturated carbocycles. The van der Waals surface area contributed by atoms with Crippen LogP contribution in [0.1, 0.15) is 6.92 Å². The van der Waals surface area contributed by atoms with Gasteiger partial charge in [0.15, 0.2) is 0 Å². The Morgan fingerprint density at radius 1 is 1.44 bits per heavy atom. The molecule has 1 saturated heterocycles. The molecule has 1 aromatic heterocycles. The molecule has 2 heterocycles. The van der Waals surface area contributed by atoms with Crippen molar-refractivity contribution in [3.05, 3.63) is 16.1 Å². The molecule has 0 N–H and O–H groups in total. The van der Waals surface area contributed by atoms with Crippen molar-refractivity contribution in [1.29, 1.82) is 0 Å². The van der Waals surface area contributed by atoms with Crippen LogP contribution in [0.4, 0.5) is 5.82 Å². The van der Waals surface area contributed by atoms with Gasteiger partial charge in [-0.05, 0) is 42.6 Å². The van der Waals surface area contributed by atoms with Crippen molar-refractivity contribution >= 4 is 28.4 Å². The third kappa shape index (κ3) is 2.29. The van der Waals surface area contributed by atoms with Crippen LogP contribution < -0.4 is 4.90 Å². The summed E-state index contributed by atoms with van der Waals surface area (Å²) in [5.74, 6) is 1.76. The lowest BCUT2D eigenvalue weighted by molar-refractivity contribution is 0.266. The highest BCUT2D eigenvalue weighted by atomic mass is 127. The van der Waals surface area contributed by atoms with E-state index in [4.69, 9.17) is 0 Å². The second-order valence-electron chi connectivity index (χ2n) is 4.61. The number of anilines is 1. The van der Waals surface area contributed by atoms with Crippen molar-refractivity contribution in [3.63, 3.8) is 0 Å². The van der Waals surface area contributed by atoms with E-state index in [1.165, 1.54) is 0 Å². The Labute approximate surface area is 110 Å². The lowest BCUT2D eigenvalue weighted by Gasteiger charge is -2.22. The zero-order valence-electron chi connectivity index (χ0n) is 9.89. The lowest BCUT2D eigenvalue weighted by atomic mass is 10.1. The molecule has 2 atom stereocenters. The van der Waals surface area contributed by atoms with Crippen molar-refractivity contribution < 1.29 is 0 Å². The summed E-state index contributed by atoms with van der Waals surface area (Å²) >= 11 is 2.30. The summed E-state index contributed by atoms with van der Waals surface area (Å²) in [4.78, 5) is 13.1. The van der Waals surface area contributed by atoms with Crippen molar-refractivity contribution in [2.24, 2.45) is 5.92 Å². The van der Waals surface area contributed by atoms with Gasteiger partial charge in [0.25, 0.3) is 0 Å². The number of rotatable bonds is 2. The summed E-state index contributed by atoms with van der Waals surface area (Å²) < 4.78 is 1.13. The fourth-order valence-electron chi connectivity index (χ4n) is 2.33. The summed E-state index contributed by atoms with van der Waals surface area (Å²) in [5, 5.41) is 0. The van der Waals surface area contributed by atoms with E-state index in [2.05, 4.69) is 63.4 Å². The van der Waals surface area contributed by atoms with Gasteiger partial charge in [0.1, 0.15) is 12.1 Å². The van der Waals surface area contributed by atoms with Gasteiger partial charge in [-0.1, -0.05) is 6.92 Å². The Balaban J connectivity index is 2.17. The molecule has 1 aliphatic rings. The zero-order valence-corrected chi connectivity index (χ0v) is 12.0. The van der Waals surface area contributed by atoms with Crippen molar-refractivity contribution in [3.8, 4) is 0 Å². The fourth-order valence-corrected chi connectivity index (χ4v) is 2.97. The maximum atomic E-state index is 4.38. The first-order valence-corrected chi connectivity index (χ1v) is 6.54. The smallest absolute Gasteiger partial charge is 0.145 e. The Hall–Kier alpha value is -0.430. The van der Waals surface area contributed by atoms with Gasteiger partial charge in [-0.2, -0.15) is 0 Å². The molecule has 5 heteroatoms. The number of nitrogens with zero attached hydrogens (tertiary/aromatic N) is 4. The van der Waals surface area contributed by atoms with E-state index in [1.807, 2.05) is 6.20 Å². The molecule has 2 rings (SSSR count). The number of hydrogen-bond donors (Lipinski definition) is 0. The summed E-state index contributed by atoms with van der Waals surface area (Å²) in [6.45, 7) is 4.44. The van der Waals surface area contributed by atoms with Gasteiger partial charge in [0, 0.05) is 25.3 Å². The Kier molecular flexibility index (Phi) is 3.63. The van der Waals surface area contributed by atoms with Crippen LogP contribution in [-0.4, -0.2) is 48.1 Å². The first kappa shape index (κ1) is 12.0. The second-order valence-corrected chi connectivity index (χ2v) is 5.77. The maximum absolute atomic E-state index is 4.38. The van der Waals surface area contributed by atoms with Crippen LogP contribution in [0.2, 0.25) is 0 Å². The quantitative estimate of drug-likeness (QED) is 0.768. The lowest BCUT2D eigenvalue weighted by Crippen LogP contribution is -2.34. The van der Waals surface area contributed by atoms with Gasteiger partial charge in [-0.25, -0.2) is 9.97 Å². The van der Waals surface area contributed by atoms with E-state index in [0.717, 1.165) is 22.5 Å². The number of halogens is 1. The molecule has 1 fully saturated rings. The summed E-state index contributed by atoms with van der Waals surface area (Å²) in [5.41, 5.74) is 0. The SMILES string of the molecule is CC1CN(c2ncncc2I)CC1N(C)C. The molecule has 0 amide bonds. The van der Waals surface area contributed by atoms with E-state index < -0.39 is 0 Å². The summed E-state index contributed by atoms with van der Waals surface area (Å²) in [6, 6.07) is 0.616. The van der Waals surface area contributed by atoms with E-state index >= 15 is 0 Å². The molecule has 0 aliphatic carbocycles. The van der Waals surface area contributed by atoms with E-state index in [1.54, 1.807) is 6.33 Å². The fraction of sp³-hybridized carbons (Fsp3) is 0.636. The average molecular weight is 332 g/mol. The molecular weight excluding hydrogens is 315 g/mol. The van der Waals surface area contributed by atoms with Crippen molar-refractivity contribution in [2.45, 2.75) is 13.0 Å². The highest BCUT2D eigenvalue weighted by molar-refractivity contribution is 14.1. The van der Waals surface area contributed by atoms with Crippen LogP contribution in [0.15, 0.2) is 12.5 Å².